The lowest BCUT2D eigenvalue weighted by atomic mass is 9.78. The van der Waals surface area contributed by atoms with Gasteiger partial charge in [-0.2, -0.15) is 0 Å². The zero-order valence-corrected chi connectivity index (χ0v) is 11.1. The summed E-state index contributed by atoms with van der Waals surface area (Å²) in [5, 5.41) is 11.1. The fraction of sp³-hybridized carbons (Fsp3) is 0.857. The molecule has 18 heavy (non-hydrogen) atoms. The molecule has 0 radical (unpaired) electrons. The predicted octanol–water partition coefficient (Wildman–Crippen LogP) is 0.801. The van der Waals surface area contributed by atoms with E-state index < -0.39 is 11.9 Å². The van der Waals surface area contributed by atoms with Crippen molar-refractivity contribution in [1.29, 1.82) is 0 Å². The van der Waals surface area contributed by atoms with Gasteiger partial charge in [0.25, 0.3) is 0 Å². The molecule has 0 aromatic heterocycles. The summed E-state index contributed by atoms with van der Waals surface area (Å²) >= 11 is 0. The van der Waals surface area contributed by atoms with Crippen LogP contribution in [0.4, 0.5) is 0 Å². The van der Waals surface area contributed by atoms with Crippen LogP contribution in [0.15, 0.2) is 0 Å². The third-order valence-corrected chi connectivity index (χ3v) is 4.48. The summed E-state index contributed by atoms with van der Waals surface area (Å²) in [5.74, 6) is -1.21. The summed E-state index contributed by atoms with van der Waals surface area (Å²) in [6.45, 7) is 3.78. The largest absolute Gasteiger partial charge is 0.550 e. The minimum atomic E-state index is -1.04. The lowest BCUT2D eigenvalue weighted by Gasteiger charge is -2.37. The number of carboxylic acids is 1. The summed E-state index contributed by atoms with van der Waals surface area (Å²) in [6, 6.07) is 0. The highest BCUT2D eigenvalue weighted by atomic mass is 16.4. The fourth-order valence-electron chi connectivity index (χ4n) is 3.17. The van der Waals surface area contributed by atoms with Gasteiger partial charge in [-0.25, -0.2) is 0 Å². The third-order valence-electron chi connectivity index (χ3n) is 4.48. The van der Waals surface area contributed by atoms with Crippen molar-refractivity contribution in [2.24, 2.45) is 17.8 Å². The molecule has 2 rings (SSSR count). The Kier molecular flexibility index (Phi) is 4.25. The first-order valence-electron chi connectivity index (χ1n) is 7.09. The molecule has 1 saturated heterocycles. The third kappa shape index (κ3) is 2.85. The van der Waals surface area contributed by atoms with Crippen LogP contribution in [0.5, 0.6) is 0 Å². The lowest BCUT2D eigenvalue weighted by Crippen LogP contribution is -2.48. The second-order valence-electron chi connectivity index (χ2n) is 5.82. The van der Waals surface area contributed by atoms with Crippen molar-refractivity contribution >= 4 is 11.9 Å². The number of rotatable bonds is 2. The molecule has 2 atom stereocenters. The van der Waals surface area contributed by atoms with Crippen molar-refractivity contribution in [3.8, 4) is 0 Å². The number of carbonyl (C=O) groups excluding carboxylic acids is 2. The van der Waals surface area contributed by atoms with Crippen molar-refractivity contribution in [3.05, 3.63) is 0 Å². The first kappa shape index (κ1) is 13.4. The number of hydrogen-bond donors (Lipinski definition) is 0. The number of amides is 1. The molecule has 2 aliphatic rings. The van der Waals surface area contributed by atoms with Gasteiger partial charge in [0.05, 0.1) is 0 Å². The Labute approximate surface area is 108 Å². The first-order chi connectivity index (χ1) is 8.59. The average Bonchev–Trinajstić information content (AvgIpc) is 2.39. The Hall–Kier alpha value is -1.06. The smallest absolute Gasteiger partial charge is 0.226 e. The zero-order chi connectivity index (χ0) is 13.1. The molecule has 4 nitrogen and oxygen atoms in total. The molecule has 1 amide bonds. The second-order valence-corrected chi connectivity index (χ2v) is 5.82. The van der Waals surface area contributed by atoms with Gasteiger partial charge in [0.15, 0.2) is 0 Å². The summed E-state index contributed by atoms with van der Waals surface area (Å²) in [7, 11) is 0. The van der Waals surface area contributed by atoms with E-state index in [2.05, 4.69) is 6.92 Å². The van der Waals surface area contributed by atoms with E-state index >= 15 is 0 Å². The fourth-order valence-corrected chi connectivity index (χ4v) is 3.17. The number of piperidine rings is 1. The Morgan fingerprint density at radius 3 is 2.11 bits per heavy atom. The Balaban J connectivity index is 2.00. The standard InChI is InChI=1S/C14H23NO3/c1-10-6-8-15(9-7-10)13(16)11-4-2-3-5-12(11)14(17)18/h10-12H,2-9H2,1H3,(H,17,18)/p-1. The van der Waals surface area contributed by atoms with Gasteiger partial charge in [0.1, 0.15) is 0 Å². The molecule has 0 aromatic rings. The topological polar surface area (TPSA) is 60.4 Å². The highest BCUT2D eigenvalue weighted by Gasteiger charge is 2.35. The van der Waals surface area contributed by atoms with Crippen molar-refractivity contribution < 1.29 is 14.7 Å². The first-order valence-corrected chi connectivity index (χ1v) is 7.09. The van der Waals surface area contributed by atoms with E-state index in [0.29, 0.717) is 18.8 Å². The van der Waals surface area contributed by atoms with Gasteiger partial charge >= 0.3 is 0 Å². The van der Waals surface area contributed by atoms with Gasteiger partial charge in [0, 0.05) is 30.9 Å². The van der Waals surface area contributed by atoms with E-state index in [9.17, 15) is 14.7 Å². The summed E-state index contributed by atoms with van der Waals surface area (Å²) in [6.07, 6.45) is 5.25. The minimum absolute atomic E-state index is 0.0517. The van der Waals surface area contributed by atoms with Crippen molar-refractivity contribution in [2.75, 3.05) is 13.1 Å². The summed E-state index contributed by atoms with van der Waals surface area (Å²) < 4.78 is 0. The number of aliphatic carboxylic acids is 1. The van der Waals surface area contributed by atoms with Crippen LogP contribution in [0, 0.1) is 17.8 Å². The van der Waals surface area contributed by atoms with Gasteiger partial charge in [-0.3, -0.25) is 4.79 Å². The molecular weight excluding hydrogens is 230 g/mol. The van der Waals surface area contributed by atoms with E-state index in [0.717, 1.165) is 38.8 Å². The van der Waals surface area contributed by atoms with Gasteiger partial charge in [-0.05, 0) is 31.6 Å². The molecule has 2 fully saturated rings. The van der Waals surface area contributed by atoms with E-state index in [1.807, 2.05) is 4.90 Å². The Bertz CT molecular complexity index is 321. The average molecular weight is 252 g/mol. The molecule has 1 heterocycles. The molecule has 0 aromatic carbocycles. The number of nitrogens with zero attached hydrogens (tertiary/aromatic N) is 1. The summed E-state index contributed by atoms with van der Waals surface area (Å²) in [4.78, 5) is 25.4. The van der Waals surface area contributed by atoms with Crippen LogP contribution in [-0.2, 0) is 9.59 Å². The van der Waals surface area contributed by atoms with E-state index in [-0.39, 0.29) is 11.8 Å². The minimum Gasteiger partial charge on any atom is -0.550 e. The van der Waals surface area contributed by atoms with Crippen LogP contribution in [0.25, 0.3) is 0 Å². The molecule has 1 saturated carbocycles. The van der Waals surface area contributed by atoms with Crippen LogP contribution in [0.2, 0.25) is 0 Å². The quantitative estimate of drug-likeness (QED) is 0.730. The number of carbonyl (C=O) groups is 2. The van der Waals surface area contributed by atoms with Crippen LogP contribution < -0.4 is 5.11 Å². The zero-order valence-electron chi connectivity index (χ0n) is 11.1. The Morgan fingerprint density at radius 2 is 1.56 bits per heavy atom. The normalized spacial score (nSPS) is 30.2. The highest BCUT2D eigenvalue weighted by molar-refractivity contribution is 5.84. The molecule has 0 spiro atoms. The number of hydrogen-bond acceptors (Lipinski definition) is 3. The SMILES string of the molecule is CC1CCN(C(=O)C2CCCCC2C(=O)[O-])CC1. The lowest BCUT2D eigenvalue weighted by molar-refractivity contribution is -0.314. The highest BCUT2D eigenvalue weighted by Crippen LogP contribution is 2.32. The number of likely N-dealkylation sites (tertiary alicyclic amines) is 1. The van der Waals surface area contributed by atoms with Crippen LogP contribution in [0.3, 0.4) is 0 Å². The molecular formula is C14H22NO3-. The monoisotopic (exact) mass is 252 g/mol. The van der Waals surface area contributed by atoms with Crippen LogP contribution >= 0.6 is 0 Å². The van der Waals surface area contributed by atoms with E-state index in [1.54, 1.807) is 0 Å². The van der Waals surface area contributed by atoms with Crippen molar-refractivity contribution in [2.45, 2.75) is 45.4 Å². The molecule has 4 heteroatoms. The van der Waals surface area contributed by atoms with Crippen molar-refractivity contribution in [3.63, 3.8) is 0 Å². The van der Waals surface area contributed by atoms with E-state index in [1.165, 1.54) is 0 Å². The predicted molar refractivity (Wildman–Crippen MR) is 65.4 cm³/mol. The molecule has 0 bridgehead atoms. The molecule has 1 aliphatic heterocycles. The van der Waals surface area contributed by atoms with Gasteiger partial charge in [-0.15, -0.1) is 0 Å². The van der Waals surface area contributed by atoms with Gasteiger partial charge in [-0.1, -0.05) is 19.8 Å². The van der Waals surface area contributed by atoms with E-state index in [4.69, 9.17) is 0 Å². The summed E-state index contributed by atoms with van der Waals surface area (Å²) in [5.41, 5.74) is 0. The Morgan fingerprint density at radius 1 is 1.00 bits per heavy atom. The number of carboxylic acid groups (broad SMARTS) is 1. The molecule has 102 valence electrons. The van der Waals surface area contributed by atoms with Gasteiger partial charge < -0.3 is 14.8 Å². The maximum absolute atomic E-state index is 12.4. The molecule has 0 N–H and O–H groups in total. The van der Waals surface area contributed by atoms with Crippen LogP contribution in [0.1, 0.15) is 45.4 Å². The maximum Gasteiger partial charge on any atom is 0.226 e. The van der Waals surface area contributed by atoms with Gasteiger partial charge in [0.2, 0.25) is 5.91 Å². The molecule has 2 unspecified atom stereocenters. The second kappa shape index (κ2) is 5.72. The van der Waals surface area contributed by atoms with Crippen molar-refractivity contribution in [1.82, 2.24) is 4.90 Å². The van der Waals surface area contributed by atoms with Crippen LogP contribution in [-0.4, -0.2) is 29.9 Å². The maximum atomic E-state index is 12.4. The molecule has 1 aliphatic carbocycles.